The second-order valence-electron chi connectivity index (χ2n) is 5.98. The summed E-state index contributed by atoms with van der Waals surface area (Å²) in [7, 11) is 0. The highest BCUT2D eigenvalue weighted by Crippen LogP contribution is 2.34. The molecule has 8 heteroatoms. The molecular formula is C21H10BrF4N3. The predicted octanol–water partition coefficient (Wildman–Crippen LogP) is 6.19. The first kappa shape index (κ1) is 19.2. The maximum Gasteiger partial charge on any atom is 0.176 e. The molecule has 0 amide bonds. The highest BCUT2D eigenvalue weighted by atomic mass is 79.9. The van der Waals surface area contributed by atoms with Crippen molar-refractivity contribution in [2.75, 3.05) is 0 Å². The van der Waals surface area contributed by atoms with Crippen LogP contribution in [0.3, 0.4) is 0 Å². The first-order valence-corrected chi connectivity index (χ1v) is 9.15. The van der Waals surface area contributed by atoms with Gasteiger partial charge in [-0.3, -0.25) is 0 Å². The summed E-state index contributed by atoms with van der Waals surface area (Å²) in [5, 5.41) is 0. The third-order valence-electron chi connectivity index (χ3n) is 4.13. The van der Waals surface area contributed by atoms with Crippen LogP contribution in [0.25, 0.3) is 34.2 Å². The van der Waals surface area contributed by atoms with E-state index in [1.807, 2.05) is 0 Å². The van der Waals surface area contributed by atoms with Gasteiger partial charge in [0.1, 0.15) is 0 Å². The van der Waals surface area contributed by atoms with E-state index < -0.39 is 39.1 Å². The summed E-state index contributed by atoms with van der Waals surface area (Å²) in [6, 6.07) is 17.3. The van der Waals surface area contributed by atoms with Crippen molar-refractivity contribution in [1.82, 2.24) is 15.0 Å². The molecule has 0 spiro atoms. The Labute approximate surface area is 171 Å². The lowest BCUT2D eigenvalue weighted by atomic mass is 10.1. The van der Waals surface area contributed by atoms with Crippen molar-refractivity contribution >= 4 is 15.9 Å². The number of rotatable bonds is 3. The Morgan fingerprint density at radius 3 is 1.31 bits per heavy atom. The number of hydrogen-bond donors (Lipinski definition) is 0. The van der Waals surface area contributed by atoms with Crippen LogP contribution >= 0.6 is 15.9 Å². The van der Waals surface area contributed by atoms with Crippen molar-refractivity contribution < 1.29 is 17.6 Å². The number of aromatic nitrogens is 3. The lowest BCUT2D eigenvalue weighted by Gasteiger charge is -2.11. The summed E-state index contributed by atoms with van der Waals surface area (Å²) in [6.07, 6.45) is 0. The molecule has 0 saturated heterocycles. The van der Waals surface area contributed by atoms with Crippen LogP contribution < -0.4 is 0 Å². The molecular weight excluding hydrogens is 450 g/mol. The first-order valence-electron chi connectivity index (χ1n) is 8.36. The van der Waals surface area contributed by atoms with Gasteiger partial charge in [-0.15, -0.1) is 0 Å². The zero-order chi connectivity index (χ0) is 20.5. The Morgan fingerprint density at radius 1 is 0.517 bits per heavy atom. The molecule has 0 aliphatic carbocycles. The lowest BCUT2D eigenvalue weighted by molar-refractivity contribution is 0.450. The summed E-state index contributed by atoms with van der Waals surface area (Å²) in [4.78, 5) is 12.5. The Kier molecular flexibility index (Phi) is 5.10. The van der Waals surface area contributed by atoms with E-state index in [2.05, 4.69) is 30.9 Å². The smallest absolute Gasteiger partial charge is 0.176 e. The molecule has 144 valence electrons. The van der Waals surface area contributed by atoms with Crippen LogP contribution in [0.1, 0.15) is 0 Å². The van der Waals surface area contributed by atoms with Crippen molar-refractivity contribution in [2.24, 2.45) is 0 Å². The summed E-state index contributed by atoms with van der Waals surface area (Å²) >= 11 is 2.51. The van der Waals surface area contributed by atoms with Gasteiger partial charge in [-0.05, 0) is 15.9 Å². The number of benzene rings is 3. The minimum absolute atomic E-state index is 0.108. The van der Waals surface area contributed by atoms with Gasteiger partial charge in [0.15, 0.2) is 40.7 Å². The standard InChI is InChI=1S/C21H10BrF4N3/c22-14-17(25)15(23)13(16(24)18(14)26)21-28-19(11-7-3-1-4-8-11)27-20(29-21)12-9-5-2-6-10-12/h1-10H. The van der Waals surface area contributed by atoms with Gasteiger partial charge in [0.05, 0.1) is 10.0 Å². The molecule has 4 aromatic rings. The van der Waals surface area contributed by atoms with Gasteiger partial charge in [-0.2, -0.15) is 0 Å². The third kappa shape index (κ3) is 3.51. The monoisotopic (exact) mass is 459 g/mol. The molecule has 0 bridgehead atoms. The fraction of sp³-hybridized carbons (Fsp3) is 0. The average Bonchev–Trinajstić information content (AvgIpc) is 2.77. The van der Waals surface area contributed by atoms with Gasteiger partial charge in [0.25, 0.3) is 0 Å². The Morgan fingerprint density at radius 2 is 0.897 bits per heavy atom. The van der Waals surface area contributed by atoms with E-state index in [-0.39, 0.29) is 11.6 Å². The molecule has 1 heterocycles. The van der Waals surface area contributed by atoms with Gasteiger partial charge in [0, 0.05) is 11.1 Å². The van der Waals surface area contributed by atoms with Gasteiger partial charge < -0.3 is 0 Å². The van der Waals surface area contributed by atoms with Crippen LogP contribution in [0.4, 0.5) is 17.6 Å². The van der Waals surface area contributed by atoms with E-state index >= 15 is 0 Å². The maximum atomic E-state index is 14.5. The quantitative estimate of drug-likeness (QED) is 0.208. The number of nitrogens with zero attached hydrogens (tertiary/aromatic N) is 3. The summed E-state index contributed by atoms with van der Waals surface area (Å²) in [5.74, 6) is -6.63. The van der Waals surface area contributed by atoms with Gasteiger partial charge in [0.2, 0.25) is 0 Å². The Balaban J connectivity index is 2.02. The molecule has 3 aromatic carbocycles. The van der Waals surface area contributed by atoms with Crippen LogP contribution in [-0.2, 0) is 0 Å². The molecule has 0 unspecified atom stereocenters. The highest BCUT2D eigenvalue weighted by Gasteiger charge is 2.27. The lowest BCUT2D eigenvalue weighted by Crippen LogP contribution is -2.06. The number of hydrogen-bond acceptors (Lipinski definition) is 3. The van der Waals surface area contributed by atoms with Crippen molar-refractivity contribution in [2.45, 2.75) is 0 Å². The van der Waals surface area contributed by atoms with E-state index in [1.54, 1.807) is 60.7 Å². The van der Waals surface area contributed by atoms with Crippen molar-refractivity contribution in [3.8, 4) is 34.2 Å². The molecule has 0 atom stereocenters. The van der Waals surface area contributed by atoms with E-state index in [0.717, 1.165) is 0 Å². The Hall–Kier alpha value is -3.13. The van der Waals surface area contributed by atoms with Crippen LogP contribution in [0.5, 0.6) is 0 Å². The van der Waals surface area contributed by atoms with Crippen molar-refractivity contribution in [3.63, 3.8) is 0 Å². The van der Waals surface area contributed by atoms with Gasteiger partial charge in [-0.25, -0.2) is 32.5 Å². The summed E-state index contributed by atoms with van der Waals surface area (Å²) in [5.41, 5.74) is 0.0966. The molecule has 0 aliphatic rings. The average molecular weight is 460 g/mol. The van der Waals surface area contributed by atoms with E-state index in [9.17, 15) is 17.6 Å². The van der Waals surface area contributed by atoms with Crippen molar-refractivity contribution in [1.29, 1.82) is 0 Å². The molecule has 0 radical (unpaired) electrons. The predicted molar refractivity (Wildman–Crippen MR) is 104 cm³/mol. The zero-order valence-corrected chi connectivity index (χ0v) is 16.1. The fourth-order valence-electron chi connectivity index (χ4n) is 2.72. The van der Waals surface area contributed by atoms with E-state index in [0.29, 0.717) is 11.1 Å². The molecule has 1 aromatic heterocycles. The molecule has 0 fully saturated rings. The molecule has 0 N–H and O–H groups in total. The molecule has 0 saturated carbocycles. The van der Waals surface area contributed by atoms with Gasteiger partial charge >= 0.3 is 0 Å². The molecule has 4 rings (SSSR count). The second-order valence-corrected chi connectivity index (χ2v) is 6.78. The molecule has 3 nitrogen and oxygen atoms in total. The van der Waals surface area contributed by atoms with Gasteiger partial charge in [-0.1, -0.05) is 60.7 Å². The van der Waals surface area contributed by atoms with Crippen LogP contribution in [-0.4, -0.2) is 15.0 Å². The highest BCUT2D eigenvalue weighted by molar-refractivity contribution is 9.10. The zero-order valence-electron chi connectivity index (χ0n) is 14.5. The SMILES string of the molecule is Fc1c(F)c(-c2nc(-c3ccccc3)nc(-c3ccccc3)n2)c(F)c(F)c1Br. The van der Waals surface area contributed by atoms with Crippen LogP contribution in [0.15, 0.2) is 65.1 Å². The minimum atomic E-state index is -1.60. The number of halogens is 5. The summed E-state index contributed by atoms with van der Waals surface area (Å²) in [6.45, 7) is 0. The topological polar surface area (TPSA) is 38.7 Å². The van der Waals surface area contributed by atoms with Crippen LogP contribution in [0, 0.1) is 23.3 Å². The third-order valence-corrected chi connectivity index (χ3v) is 4.83. The molecule has 29 heavy (non-hydrogen) atoms. The summed E-state index contributed by atoms with van der Waals surface area (Å²) < 4.78 is 56.3. The fourth-order valence-corrected chi connectivity index (χ4v) is 3.07. The second kappa shape index (κ2) is 7.71. The maximum absolute atomic E-state index is 14.5. The van der Waals surface area contributed by atoms with Crippen molar-refractivity contribution in [3.05, 3.63) is 88.4 Å². The minimum Gasteiger partial charge on any atom is -0.208 e. The normalized spacial score (nSPS) is 10.9. The Bertz CT molecular complexity index is 1110. The van der Waals surface area contributed by atoms with E-state index in [1.165, 1.54) is 0 Å². The molecule has 0 aliphatic heterocycles. The largest absolute Gasteiger partial charge is 0.208 e. The van der Waals surface area contributed by atoms with E-state index in [4.69, 9.17) is 0 Å². The van der Waals surface area contributed by atoms with Crippen LogP contribution in [0.2, 0.25) is 0 Å². The first-order chi connectivity index (χ1) is 14.0.